The van der Waals surface area contributed by atoms with Crippen molar-refractivity contribution in [2.24, 2.45) is 12.8 Å². The van der Waals surface area contributed by atoms with Gasteiger partial charge in [-0.15, -0.1) is 0 Å². The van der Waals surface area contributed by atoms with Gasteiger partial charge in [0.15, 0.2) is 5.76 Å². The summed E-state index contributed by atoms with van der Waals surface area (Å²) in [7, 11) is 3.61. The molecule has 3 aromatic rings. The molecule has 45 heavy (non-hydrogen) atoms. The zero-order valence-electron chi connectivity index (χ0n) is 25.8. The summed E-state index contributed by atoms with van der Waals surface area (Å²) in [6, 6.07) is 1.73. The number of nitrogens with zero attached hydrogens (tertiary/aromatic N) is 6. The Morgan fingerprint density at radius 1 is 1.20 bits per heavy atom. The van der Waals surface area contributed by atoms with Crippen LogP contribution in [0.3, 0.4) is 0 Å². The van der Waals surface area contributed by atoms with Crippen LogP contribution in [0.2, 0.25) is 5.02 Å². The molecule has 0 aromatic carbocycles. The van der Waals surface area contributed by atoms with Crippen LogP contribution in [-0.2, 0) is 23.2 Å². The first-order chi connectivity index (χ1) is 21.0. The number of primary amides is 1. The fraction of sp³-hybridized carbons (Fsp3) is 0.387. The van der Waals surface area contributed by atoms with Crippen LogP contribution in [0, 0.1) is 11.8 Å². The molecule has 0 saturated carbocycles. The lowest BCUT2D eigenvalue weighted by atomic mass is 9.88. The van der Waals surface area contributed by atoms with Crippen molar-refractivity contribution < 1.29 is 19.1 Å². The number of aryl methyl sites for hydroxylation is 1. The molecule has 1 fully saturated rings. The van der Waals surface area contributed by atoms with Crippen molar-refractivity contribution in [3.05, 3.63) is 69.0 Å². The van der Waals surface area contributed by atoms with Gasteiger partial charge in [-0.1, -0.05) is 17.5 Å². The standard InChI is InChI=1S/C31H34ClFN8O4/c1-30(2)14-41(15-31(3,4)39(30)6)23-10-22(20(32)11-35-23)37-24(42)13-40-12-19(25-28(40)36-16-38(5)29(25)45)17-7-8-21(33)26(43)18(9-17)27(34)44/h9-12,16-17,43H,13-15H2,1-6H3,(H2,34,44)(H,35,37,42). The van der Waals surface area contributed by atoms with Crippen molar-refractivity contribution in [3.63, 3.8) is 0 Å². The number of amides is 2. The number of rotatable bonds is 6. The smallest absolute Gasteiger partial charge is 0.262 e. The average molecular weight is 637 g/mol. The molecule has 1 unspecified atom stereocenters. The maximum absolute atomic E-state index is 14.3. The summed E-state index contributed by atoms with van der Waals surface area (Å²) in [6.45, 7) is 9.80. The molecular weight excluding hydrogens is 603 g/mol. The lowest BCUT2D eigenvalue weighted by Crippen LogP contribution is -2.67. The maximum atomic E-state index is 14.3. The van der Waals surface area contributed by atoms with E-state index in [1.54, 1.807) is 6.07 Å². The second-order valence-electron chi connectivity index (χ2n) is 12.5. The van der Waals surface area contributed by atoms with E-state index < -0.39 is 40.5 Å². The monoisotopic (exact) mass is 636 g/mol. The number of hydrogen-bond donors (Lipinski definition) is 3. The van der Waals surface area contributed by atoms with E-state index in [4.69, 9.17) is 17.3 Å². The first-order valence-corrected chi connectivity index (χ1v) is 14.5. The number of aliphatic hydroxyl groups is 1. The molecular formula is C31H34ClFN8O4. The summed E-state index contributed by atoms with van der Waals surface area (Å²) in [5.74, 6) is 0.665. The molecule has 2 aliphatic rings. The third kappa shape index (κ3) is 5.91. The summed E-state index contributed by atoms with van der Waals surface area (Å²) in [5.41, 5.74) is 4.92. The van der Waals surface area contributed by atoms with E-state index in [1.165, 1.54) is 41.0 Å². The lowest BCUT2D eigenvalue weighted by Gasteiger charge is -2.55. The molecule has 1 aliphatic carbocycles. The molecule has 236 valence electrons. The Balaban J connectivity index is 1.47. The number of hydrogen-bond acceptors (Lipinski definition) is 8. The number of anilines is 2. The van der Waals surface area contributed by atoms with Crippen molar-refractivity contribution in [1.29, 1.82) is 0 Å². The van der Waals surface area contributed by atoms with Crippen LogP contribution in [0.4, 0.5) is 15.9 Å². The van der Waals surface area contributed by atoms with Gasteiger partial charge in [-0.05, 0) is 46.7 Å². The normalized spacial score (nSPS) is 19.5. The first kappa shape index (κ1) is 31.7. The molecule has 5 rings (SSSR count). The molecule has 1 atom stereocenters. The molecule has 14 heteroatoms. The van der Waals surface area contributed by atoms with E-state index in [9.17, 15) is 23.9 Å². The van der Waals surface area contributed by atoms with Crippen molar-refractivity contribution in [2.45, 2.75) is 51.2 Å². The van der Waals surface area contributed by atoms with Gasteiger partial charge in [-0.3, -0.25) is 19.3 Å². The number of piperazine rings is 1. The van der Waals surface area contributed by atoms with Gasteiger partial charge in [0.05, 0.1) is 40.1 Å². The molecule has 12 nitrogen and oxygen atoms in total. The van der Waals surface area contributed by atoms with Crippen molar-refractivity contribution >= 4 is 46.0 Å². The average Bonchev–Trinajstić information content (AvgIpc) is 3.24. The number of carbonyl (C=O) groups is 2. The molecule has 0 bridgehead atoms. The van der Waals surface area contributed by atoms with Crippen LogP contribution in [0.25, 0.3) is 11.0 Å². The van der Waals surface area contributed by atoms with E-state index in [0.29, 0.717) is 24.6 Å². The predicted octanol–water partition coefficient (Wildman–Crippen LogP) is 2.98. The number of nitrogens with two attached hydrogens (primary N) is 1. The number of halogens is 2. The highest BCUT2D eigenvalue weighted by molar-refractivity contribution is 6.33. The Morgan fingerprint density at radius 2 is 1.87 bits per heavy atom. The summed E-state index contributed by atoms with van der Waals surface area (Å²) >= 11 is 6.45. The fourth-order valence-electron chi connectivity index (χ4n) is 5.85. The Labute approximate surface area is 264 Å². The third-order valence-electron chi connectivity index (χ3n) is 8.43. The van der Waals surface area contributed by atoms with Crippen LogP contribution < -0.4 is 21.5 Å². The van der Waals surface area contributed by atoms with Gasteiger partial charge in [0.2, 0.25) is 11.7 Å². The largest absolute Gasteiger partial charge is 0.504 e. The van der Waals surface area contributed by atoms with Gasteiger partial charge in [0.25, 0.3) is 11.5 Å². The van der Waals surface area contributed by atoms with Crippen molar-refractivity contribution in [2.75, 3.05) is 30.4 Å². The van der Waals surface area contributed by atoms with Gasteiger partial charge in [-0.2, -0.15) is 4.39 Å². The Hall–Kier alpha value is -4.67. The number of fused-ring (bicyclic) bond motifs is 1. The maximum Gasteiger partial charge on any atom is 0.262 e. The minimum atomic E-state index is -1.23. The highest BCUT2D eigenvalue weighted by Gasteiger charge is 2.42. The van der Waals surface area contributed by atoms with Gasteiger partial charge < -0.3 is 30.2 Å². The predicted molar refractivity (Wildman–Crippen MR) is 170 cm³/mol. The summed E-state index contributed by atoms with van der Waals surface area (Å²) in [5, 5.41) is 13.3. The number of carbonyl (C=O) groups excluding carboxylic acids is 2. The Morgan fingerprint density at radius 3 is 2.51 bits per heavy atom. The van der Waals surface area contributed by atoms with Crippen LogP contribution >= 0.6 is 11.6 Å². The minimum absolute atomic E-state index is 0.110. The van der Waals surface area contributed by atoms with Gasteiger partial charge in [0.1, 0.15) is 18.0 Å². The number of pyridine rings is 1. The number of likely N-dealkylation sites (N-methyl/N-ethyl adjacent to an activating group) is 1. The van der Waals surface area contributed by atoms with Gasteiger partial charge in [-0.25, -0.2) is 9.97 Å². The second kappa shape index (κ2) is 11.4. The topological polar surface area (TPSA) is 152 Å². The quantitative estimate of drug-likeness (QED) is 0.349. The minimum Gasteiger partial charge on any atom is -0.504 e. The van der Waals surface area contributed by atoms with Crippen molar-refractivity contribution in [3.8, 4) is 11.8 Å². The fourth-order valence-corrected chi connectivity index (χ4v) is 6.00. The molecule has 0 radical (unpaired) electrons. The summed E-state index contributed by atoms with van der Waals surface area (Å²) in [6.07, 6.45) is 5.48. The van der Waals surface area contributed by atoms with Gasteiger partial charge >= 0.3 is 0 Å². The highest BCUT2D eigenvalue weighted by Crippen LogP contribution is 2.35. The Bertz CT molecular complexity index is 1910. The summed E-state index contributed by atoms with van der Waals surface area (Å²) in [4.78, 5) is 52.0. The van der Waals surface area contributed by atoms with Crippen LogP contribution in [-0.4, -0.2) is 72.1 Å². The molecule has 4 heterocycles. The second-order valence-corrected chi connectivity index (χ2v) is 12.9. The van der Waals surface area contributed by atoms with E-state index in [-0.39, 0.29) is 39.2 Å². The van der Waals surface area contributed by atoms with Crippen LogP contribution in [0.15, 0.2) is 52.8 Å². The molecule has 0 spiro atoms. The molecule has 4 N–H and O–H groups in total. The molecule has 1 saturated heterocycles. The summed E-state index contributed by atoms with van der Waals surface area (Å²) < 4.78 is 17.0. The number of aliphatic hydroxyl groups excluding tert-OH is 1. The molecule has 2 amide bonds. The molecule has 1 aliphatic heterocycles. The van der Waals surface area contributed by atoms with Crippen LogP contribution in [0.1, 0.15) is 39.2 Å². The number of aromatic nitrogens is 4. The number of allylic oxidation sites excluding steroid dienone is 2. The van der Waals surface area contributed by atoms with Gasteiger partial charge in [0, 0.05) is 49.0 Å². The SMILES string of the molecule is CN1C(C)(C)CN(c2cc(NC(=O)Cn3cc(C4C#CC(F)=C(O)C(C(N)=O)=C4)c4c(=O)n(C)cnc43)c(Cl)cn2)CC1(C)C. The van der Waals surface area contributed by atoms with E-state index in [2.05, 4.69) is 71.7 Å². The number of nitrogens with one attached hydrogen (secondary N) is 1. The van der Waals surface area contributed by atoms with Crippen molar-refractivity contribution in [1.82, 2.24) is 24.0 Å². The first-order valence-electron chi connectivity index (χ1n) is 14.1. The Kier molecular flexibility index (Phi) is 8.01. The highest BCUT2D eigenvalue weighted by atomic mass is 35.5. The zero-order valence-corrected chi connectivity index (χ0v) is 26.5. The van der Waals surface area contributed by atoms with E-state index >= 15 is 0 Å². The third-order valence-corrected chi connectivity index (χ3v) is 8.73. The van der Waals surface area contributed by atoms with E-state index in [1.807, 2.05) is 0 Å². The zero-order chi connectivity index (χ0) is 33.0. The van der Waals surface area contributed by atoms with Crippen LogP contribution in [0.5, 0.6) is 0 Å². The lowest BCUT2D eigenvalue weighted by molar-refractivity contribution is -0.117. The van der Waals surface area contributed by atoms with E-state index in [0.717, 1.165) is 0 Å². The molecule has 3 aromatic heterocycles.